The molecule has 0 atom stereocenters. The van der Waals surface area contributed by atoms with Crippen molar-refractivity contribution in [2.45, 2.75) is 46.3 Å². The fraction of sp³-hybridized carbons (Fsp3) is 0.909. The molecule has 4 nitrogen and oxygen atoms in total. The van der Waals surface area contributed by atoms with Crippen LogP contribution in [0, 0.1) is 0 Å². The van der Waals surface area contributed by atoms with E-state index in [4.69, 9.17) is 14.2 Å². The first-order valence-electron chi connectivity index (χ1n) is 5.61. The predicted molar refractivity (Wildman–Crippen MR) is 57.5 cm³/mol. The molecule has 0 heterocycles. The van der Waals surface area contributed by atoms with Gasteiger partial charge in [-0.15, -0.1) is 0 Å². The highest BCUT2D eigenvalue weighted by Crippen LogP contribution is 2.22. The van der Waals surface area contributed by atoms with E-state index in [0.29, 0.717) is 26.2 Å². The molecule has 0 saturated carbocycles. The van der Waals surface area contributed by atoms with Gasteiger partial charge in [-0.3, -0.25) is 0 Å². The molecule has 0 bridgehead atoms. The molecule has 0 radical (unpaired) electrons. The van der Waals surface area contributed by atoms with Crippen LogP contribution in [0.4, 0.5) is 0 Å². The third-order valence-electron chi connectivity index (χ3n) is 1.92. The Hall–Kier alpha value is -0.610. The van der Waals surface area contributed by atoms with Crippen molar-refractivity contribution in [2.75, 3.05) is 19.8 Å². The Morgan fingerprint density at radius 3 is 1.87 bits per heavy atom. The van der Waals surface area contributed by atoms with Crippen molar-refractivity contribution >= 4 is 5.97 Å². The molecule has 4 heteroatoms. The van der Waals surface area contributed by atoms with E-state index in [9.17, 15) is 4.79 Å². The van der Waals surface area contributed by atoms with Gasteiger partial charge in [-0.05, 0) is 20.8 Å². The van der Waals surface area contributed by atoms with E-state index in [-0.39, 0.29) is 0 Å². The van der Waals surface area contributed by atoms with Crippen LogP contribution in [0.3, 0.4) is 0 Å². The van der Waals surface area contributed by atoms with Crippen LogP contribution in [0.15, 0.2) is 0 Å². The third kappa shape index (κ3) is 4.18. The number of hydrogen-bond acceptors (Lipinski definition) is 4. The summed E-state index contributed by atoms with van der Waals surface area (Å²) in [5, 5.41) is 0. The summed E-state index contributed by atoms with van der Waals surface area (Å²) in [4.78, 5) is 11.8. The molecular weight excluding hydrogens is 196 g/mol. The lowest BCUT2D eigenvalue weighted by Crippen LogP contribution is -2.45. The summed E-state index contributed by atoms with van der Waals surface area (Å²) in [6.07, 6.45) is 1.33. The van der Waals surface area contributed by atoms with Gasteiger partial charge in [-0.1, -0.05) is 13.3 Å². The summed E-state index contributed by atoms with van der Waals surface area (Å²) in [5.41, 5.74) is 0. The minimum atomic E-state index is -1.20. The van der Waals surface area contributed by atoms with E-state index in [1.807, 2.05) is 20.8 Å². The van der Waals surface area contributed by atoms with Crippen LogP contribution in [0.5, 0.6) is 0 Å². The molecule has 0 aromatic carbocycles. The average Bonchev–Trinajstić information content (AvgIpc) is 2.19. The Kier molecular flexibility index (Phi) is 7.34. The third-order valence-corrected chi connectivity index (χ3v) is 1.92. The van der Waals surface area contributed by atoms with Crippen LogP contribution in [0.1, 0.15) is 40.5 Å². The van der Waals surface area contributed by atoms with E-state index in [2.05, 4.69) is 0 Å². The van der Waals surface area contributed by atoms with Gasteiger partial charge in [0.25, 0.3) is 5.79 Å². The maximum atomic E-state index is 11.8. The van der Waals surface area contributed by atoms with Crippen LogP contribution in [0.2, 0.25) is 0 Å². The highest BCUT2D eigenvalue weighted by Gasteiger charge is 2.41. The Balaban J connectivity index is 4.65. The first-order chi connectivity index (χ1) is 7.16. The molecule has 0 aromatic rings. The molecular formula is C11H22O4. The Bertz CT molecular complexity index is 162. The molecule has 90 valence electrons. The predicted octanol–water partition coefficient (Wildman–Crippen LogP) is 2.12. The summed E-state index contributed by atoms with van der Waals surface area (Å²) >= 11 is 0. The number of esters is 1. The first kappa shape index (κ1) is 14.4. The van der Waals surface area contributed by atoms with Crippen LogP contribution in [-0.2, 0) is 19.0 Å². The minimum Gasteiger partial charge on any atom is -0.462 e. The maximum absolute atomic E-state index is 11.8. The van der Waals surface area contributed by atoms with Gasteiger partial charge in [-0.2, -0.15) is 0 Å². The van der Waals surface area contributed by atoms with Crippen molar-refractivity contribution in [3.05, 3.63) is 0 Å². The number of carbonyl (C=O) groups excluding carboxylic acids is 1. The zero-order valence-corrected chi connectivity index (χ0v) is 10.2. The molecule has 0 amide bonds. The number of rotatable bonds is 8. The fourth-order valence-electron chi connectivity index (χ4n) is 1.44. The fourth-order valence-corrected chi connectivity index (χ4v) is 1.44. The molecule has 15 heavy (non-hydrogen) atoms. The zero-order chi connectivity index (χ0) is 11.7. The largest absolute Gasteiger partial charge is 0.462 e. The topological polar surface area (TPSA) is 44.8 Å². The second-order valence-electron chi connectivity index (χ2n) is 3.09. The maximum Gasteiger partial charge on any atom is 0.366 e. The van der Waals surface area contributed by atoms with Crippen molar-refractivity contribution in [1.29, 1.82) is 0 Å². The monoisotopic (exact) mass is 218 g/mol. The van der Waals surface area contributed by atoms with Crippen LogP contribution < -0.4 is 0 Å². The number of carbonyl (C=O) groups is 1. The molecule has 0 spiro atoms. The highest BCUT2D eigenvalue weighted by atomic mass is 16.7. The summed E-state index contributed by atoms with van der Waals surface area (Å²) in [6.45, 7) is 8.62. The quantitative estimate of drug-likeness (QED) is 0.462. The second kappa shape index (κ2) is 7.65. The zero-order valence-electron chi connectivity index (χ0n) is 10.2. The van der Waals surface area contributed by atoms with Crippen LogP contribution >= 0.6 is 0 Å². The van der Waals surface area contributed by atoms with Crippen molar-refractivity contribution in [2.24, 2.45) is 0 Å². The van der Waals surface area contributed by atoms with E-state index >= 15 is 0 Å². The highest BCUT2D eigenvalue weighted by molar-refractivity contribution is 5.77. The minimum absolute atomic E-state index is 0.338. The lowest BCUT2D eigenvalue weighted by atomic mass is 10.1. The molecule has 0 aromatic heterocycles. The molecule has 0 aliphatic heterocycles. The number of hydrogen-bond donors (Lipinski definition) is 0. The Morgan fingerprint density at radius 1 is 1.00 bits per heavy atom. The molecule has 0 aliphatic carbocycles. The summed E-state index contributed by atoms with van der Waals surface area (Å²) in [6, 6.07) is 0. The Morgan fingerprint density at radius 2 is 1.53 bits per heavy atom. The molecule has 0 unspecified atom stereocenters. The second-order valence-corrected chi connectivity index (χ2v) is 3.09. The number of ether oxygens (including phenoxy) is 3. The SMILES string of the molecule is CCCC(OCC)(OCC)C(=O)OCC. The van der Waals surface area contributed by atoms with E-state index in [1.54, 1.807) is 6.92 Å². The van der Waals surface area contributed by atoms with Gasteiger partial charge >= 0.3 is 5.97 Å². The van der Waals surface area contributed by atoms with Gasteiger partial charge in [0.1, 0.15) is 0 Å². The summed E-state index contributed by atoms with van der Waals surface area (Å²) < 4.78 is 15.8. The van der Waals surface area contributed by atoms with Crippen LogP contribution in [0.25, 0.3) is 0 Å². The lowest BCUT2D eigenvalue weighted by molar-refractivity contribution is -0.248. The van der Waals surface area contributed by atoms with Gasteiger partial charge in [0.05, 0.1) is 6.61 Å². The van der Waals surface area contributed by atoms with Crippen LogP contribution in [-0.4, -0.2) is 31.6 Å². The van der Waals surface area contributed by atoms with Gasteiger partial charge in [0.2, 0.25) is 0 Å². The molecule has 0 fully saturated rings. The van der Waals surface area contributed by atoms with Crippen molar-refractivity contribution in [3.8, 4) is 0 Å². The summed E-state index contributed by atoms with van der Waals surface area (Å²) in [7, 11) is 0. The van der Waals surface area contributed by atoms with Crippen molar-refractivity contribution in [1.82, 2.24) is 0 Å². The molecule has 0 saturated heterocycles. The Labute approximate surface area is 91.9 Å². The van der Waals surface area contributed by atoms with Gasteiger partial charge in [0, 0.05) is 19.6 Å². The smallest absolute Gasteiger partial charge is 0.366 e. The van der Waals surface area contributed by atoms with Crippen molar-refractivity contribution < 1.29 is 19.0 Å². The lowest BCUT2D eigenvalue weighted by Gasteiger charge is -2.30. The van der Waals surface area contributed by atoms with Gasteiger partial charge in [-0.25, -0.2) is 4.79 Å². The standard InChI is InChI=1S/C11H22O4/c1-5-9-11(14-7-3,15-8-4)10(12)13-6-2/h5-9H2,1-4H3. The van der Waals surface area contributed by atoms with E-state index in [0.717, 1.165) is 6.42 Å². The van der Waals surface area contributed by atoms with Gasteiger partial charge in [0.15, 0.2) is 0 Å². The average molecular weight is 218 g/mol. The molecule has 0 aliphatic rings. The van der Waals surface area contributed by atoms with Gasteiger partial charge < -0.3 is 14.2 Å². The molecule has 0 rings (SSSR count). The van der Waals surface area contributed by atoms with E-state index in [1.165, 1.54) is 0 Å². The normalized spacial score (nSPS) is 11.5. The summed E-state index contributed by atoms with van der Waals surface area (Å²) in [5.74, 6) is -1.62. The first-order valence-corrected chi connectivity index (χ1v) is 5.61. The molecule has 0 N–H and O–H groups in total. The van der Waals surface area contributed by atoms with E-state index < -0.39 is 11.8 Å². The van der Waals surface area contributed by atoms with Crippen molar-refractivity contribution in [3.63, 3.8) is 0 Å².